The number of nitrogens with one attached hydrogen (secondary N) is 1. The molecule has 0 aliphatic heterocycles. The van der Waals surface area contributed by atoms with E-state index < -0.39 is 11.9 Å². The van der Waals surface area contributed by atoms with E-state index in [0.29, 0.717) is 10.6 Å². The molecule has 0 fully saturated rings. The van der Waals surface area contributed by atoms with Gasteiger partial charge in [0.1, 0.15) is 9.88 Å². The highest BCUT2D eigenvalue weighted by Crippen LogP contribution is 2.33. The lowest BCUT2D eigenvalue weighted by Gasteiger charge is -2.06. The summed E-state index contributed by atoms with van der Waals surface area (Å²) >= 11 is 6.80. The van der Waals surface area contributed by atoms with E-state index in [9.17, 15) is 14.4 Å². The molecule has 1 aromatic heterocycles. The quantitative estimate of drug-likeness (QED) is 0.732. The summed E-state index contributed by atoms with van der Waals surface area (Å²) in [7, 11) is 0. The number of primary amides is 1. The van der Waals surface area contributed by atoms with Crippen LogP contribution < -0.4 is 11.1 Å². The van der Waals surface area contributed by atoms with E-state index in [1.807, 2.05) is 0 Å². The summed E-state index contributed by atoms with van der Waals surface area (Å²) in [6.45, 7) is 5.05. The van der Waals surface area contributed by atoms with Crippen LogP contribution >= 0.6 is 22.9 Å². The average Bonchev–Trinajstić information content (AvgIpc) is 2.85. The van der Waals surface area contributed by atoms with E-state index in [1.54, 1.807) is 45.0 Å². The van der Waals surface area contributed by atoms with Gasteiger partial charge in [-0.05, 0) is 44.0 Å². The van der Waals surface area contributed by atoms with Gasteiger partial charge in [-0.3, -0.25) is 9.59 Å². The molecule has 0 bridgehead atoms. The number of anilines is 1. The van der Waals surface area contributed by atoms with Gasteiger partial charge in [0.25, 0.3) is 5.91 Å². The minimum Gasteiger partial charge on any atom is -0.459 e. The third kappa shape index (κ3) is 4.83. The molecule has 0 atom stereocenters. The van der Waals surface area contributed by atoms with Gasteiger partial charge < -0.3 is 15.8 Å². The van der Waals surface area contributed by atoms with Gasteiger partial charge in [-0.1, -0.05) is 23.7 Å². The number of carbonyl (C=O) groups is 3. The molecular formula is C18H19ClN2O4S. The lowest BCUT2D eigenvalue weighted by molar-refractivity contribution is -0.115. The van der Waals surface area contributed by atoms with Gasteiger partial charge in [0.2, 0.25) is 5.91 Å². The van der Waals surface area contributed by atoms with Crippen molar-refractivity contribution in [3.8, 4) is 0 Å². The van der Waals surface area contributed by atoms with Crippen LogP contribution in [0, 0.1) is 6.92 Å². The molecule has 0 unspecified atom stereocenters. The number of halogens is 1. The minimum absolute atomic E-state index is 0.0953. The Bertz CT molecular complexity index is 844. The summed E-state index contributed by atoms with van der Waals surface area (Å²) in [4.78, 5) is 36.5. The second kappa shape index (κ2) is 8.33. The topological polar surface area (TPSA) is 98.5 Å². The summed E-state index contributed by atoms with van der Waals surface area (Å²) in [5.74, 6) is -1.60. The maximum absolute atomic E-state index is 12.3. The van der Waals surface area contributed by atoms with Crippen molar-refractivity contribution >= 4 is 45.7 Å². The van der Waals surface area contributed by atoms with Crippen molar-refractivity contribution in [2.75, 3.05) is 5.32 Å². The maximum Gasteiger partial charge on any atom is 0.348 e. The number of carbonyl (C=O) groups excluding carboxylic acids is 3. The molecule has 6 nitrogen and oxygen atoms in total. The number of thiophene rings is 1. The van der Waals surface area contributed by atoms with Crippen molar-refractivity contribution in [3.05, 3.63) is 50.9 Å². The molecule has 138 valence electrons. The molecule has 0 spiro atoms. The van der Waals surface area contributed by atoms with Crippen molar-refractivity contribution in [2.24, 2.45) is 5.73 Å². The van der Waals surface area contributed by atoms with Crippen molar-refractivity contribution in [1.82, 2.24) is 0 Å². The van der Waals surface area contributed by atoms with Gasteiger partial charge in [-0.15, -0.1) is 11.3 Å². The first-order valence-corrected chi connectivity index (χ1v) is 9.07. The Balaban J connectivity index is 2.24. The fourth-order valence-corrected chi connectivity index (χ4v) is 3.56. The zero-order valence-electron chi connectivity index (χ0n) is 14.6. The molecule has 0 aliphatic carbocycles. The first-order valence-electron chi connectivity index (χ1n) is 7.87. The Kier molecular flexibility index (Phi) is 6.39. The number of nitrogens with two attached hydrogens (primary N) is 1. The lowest BCUT2D eigenvalue weighted by atomic mass is 10.1. The highest BCUT2D eigenvalue weighted by molar-refractivity contribution is 7.18. The first kappa shape index (κ1) is 19.9. The van der Waals surface area contributed by atoms with Crippen molar-refractivity contribution in [2.45, 2.75) is 33.3 Å². The van der Waals surface area contributed by atoms with Crippen LogP contribution in [0.25, 0.3) is 0 Å². The smallest absolute Gasteiger partial charge is 0.348 e. The number of rotatable bonds is 6. The fraction of sp³-hybridized carbons (Fsp3) is 0.278. The molecular weight excluding hydrogens is 376 g/mol. The summed E-state index contributed by atoms with van der Waals surface area (Å²) in [6, 6.07) is 6.85. The molecule has 0 saturated heterocycles. The van der Waals surface area contributed by atoms with Crippen LogP contribution in [0.1, 0.15) is 45.0 Å². The highest BCUT2D eigenvalue weighted by atomic mass is 35.5. The Morgan fingerprint density at radius 2 is 1.85 bits per heavy atom. The molecule has 1 aromatic carbocycles. The van der Waals surface area contributed by atoms with Gasteiger partial charge in [-0.25, -0.2) is 4.79 Å². The second-order valence-electron chi connectivity index (χ2n) is 5.93. The van der Waals surface area contributed by atoms with Gasteiger partial charge >= 0.3 is 5.97 Å². The largest absolute Gasteiger partial charge is 0.459 e. The van der Waals surface area contributed by atoms with Crippen molar-refractivity contribution < 1.29 is 19.1 Å². The summed E-state index contributed by atoms with van der Waals surface area (Å²) in [5, 5.41) is 3.48. The SMILES string of the molecule is Cc1c(C(=O)OC(C)C)sc(NC(=O)Cc2ccc(Cl)cc2)c1C(N)=O. The molecule has 26 heavy (non-hydrogen) atoms. The molecule has 0 saturated carbocycles. The van der Waals surface area contributed by atoms with Crippen molar-refractivity contribution in [1.29, 1.82) is 0 Å². The first-order chi connectivity index (χ1) is 12.2. The molecule has 3 N–H and O–H groups in total. The number of benzene rings is 1. The van der Waals surface area contributed by atoms with Crippen LogP contribution in [0.3, 0.4) is 0 Å². The van der Waals surface area contributed by atoms with E-state index in [4.69, 9.17) is 22.1 Å². The van der Waals surface area contributed by atoms with Crippen LogP contribution in [0.4, 0.5) is 5.00 Å². The average molecular weight is 395 g/mol. The van der Waals surface area contributed by atoms with E-state index in [-0.39, 0.29) is 33.9 Å². The Morgan fingerprint density at radius 3 is 2.38 bits per heavy atom. The van der Waals surface area contributed by atoms with Gasteiger partial charge in [0.15, 0.2) is 0 Å². The summed E-state index contributed by atoms with van der Waals surface area (Å²) < 4.78 is 5.17. The molecule has 0 radical (unpaired) electrons. The number of amides is 2. The van der Waals surface area contributed by atoms with Crippen LogP contribution in [0.15, 0.2) is 24.3 Å². The van der Waals surface area contributed by atoms with Gasteiger partial charge in [-0.2, -0.15) is 0 Å². The normalized spacial score (nSPS) is 10.7. The Hall–Kier alpha value is -2.38. The standard InChI is InChI=1S/C18H19ClN2O4S/c1-9(2)25-18(24)15-10(3)14(16(20)23)17(26-15)21-13(22)8-11-4-6-12(19)7-5-11/h4-7,9H,8H2,1-3H3,(H2,20,23)(H,21,22). The molecule has 2 aromatic rings. The fourth-order valence-electron chi connectivity index (χ4n) is 2.32. The zero-order valence-corrected chi connectivity index (χ0v) is 16.2. The summed E-state index contributed by atoms with van der Waals surface area (Å²) in [5.41, 5.74) is 6.71. The third-order valence-electron chi connectivity index (χ3n) is 3.45. The van der Waals surface area contributed by atoms with E-state index in [1.165, 1.54) is 0 Å². The molecule has 0 aliphatic rings. The van der Waals surface area contributed by atoms with E-state index in [0.717, 1.165) is 16.9 Å². The zero-order chi connectivity index (χ0) is 19.4. The molecule has 2 amide bonds. The Labute approximate surface area is 160 Å². The number of esters is 1. The third-order valence-corrected chi connectivity index (χ3v) is 4.89. The second-order valence-corrected chi connectivity index (χ2v) is 7.39. The molecule has 2 rings (SSSR count). The lowest BCUT2D eigenvalue weighted by Crippen LogP contribution is -2.18. The monoisotopic (exact) mass is 394 g/mol. The molecule has 8 heteroatoms. The van der Waals surface area contributed by atoms with Crippen molar-refractivity contribution in [3.63, 3.8) is 0 Å². The van der Waals surface area contributed by atoms with Crippen LogP contribution in [0.2, 0.25) is 5.02 Å². The van der Waals surface area contributed by atoms with E-state index >= 15 is 0 Å². The van der Waals surface area contributed by atoms with Crippen LogP contribution in [-0.4, -0.2) is 23.9 Å². The van der Waals surface area contributed by atoms with Gasteiger partial charge in [0, 0.05) is 5.02 Å². The number of hydrogen-bond donors (Lipinski definition) is 2. The predicted molar refractivity (Wildman–Crippen MR) is 102 cm³/mol. The minimum atomic E-state index is -0.718. The molecule has 1 heterocycles. The van der Waals surface area contributed by atoms with E-state index in [2.05, 4.69) is 5.32 Å². The summed E-state index contributed by atoms with van der Waals surface area (Å²) in [6.07, 6.45) is -0.207. The Morgan fingerprint density at radius 1 is 1.23 bits per heavy atom. The van der Waals surface area contributed by atoms with Crippen LogP contribution in [0.5, 0.6) is 0 Å². The maximum atomic E-state index is 12.3. The number of ether oxygens (including phenoxy) is 1. The highest BCUT2D eigenvalue weighted by Gasteiger charge is 2.25. The predicted octanol–water partition coefficient (Wildman–Crippen LogP) is 3.56. The van der Waals surface area contributed by atoms with Crippen LogP contribution in [-0.2, 0) is 16.0 Å². The van der Waals surface area contributed by atoms with Gasteiger partial charge in [0.05, 0.1) is 18.1 Å². The number of hydrogen-bond acceptors (Lipinski definition) is 5.